The Labute approximate surface area is 162 Å². The molecule has 3 rings (SSSR count). The maximum Gasteiger partial charge on any atom is 0.241 e. The second-order valence-electron chi connectivity index (χ2n) is 6.21. The van der Waals surface area contributed by atoms with Crippen molar-refractivity contribution in [2.45, 2.75) is 13.0 Å². The number of ether oxygens (including phenoxy) is 2. The highest BCUT2D eigenvalue weighted by molar-refractivity contribution is 6.30. The number of carbonyl (C=O) groups is 2. The number of rotatable bonds is 6. The molecule has 1 atom stereocenters. The van der Waals surface area contributed by atoms with Gasteiger partial charge in [0.1, 0.15) is 0 Å². The van der Waals surface area contributed by atoms with Gasteiger partial charge in [-0.25, -0.2) is 0 Å². The highest BCUT2D eigenvalue weighted by Crippen LogP contribution is 2.34. The average molecular weight is 390 g/mol. The van der Waals surface area contributed by atoms with E-state index >= 15 is 0 Å². The monoisotopic (exact) mass is 389 g/mol. The van der Waals surface area contributed by atoms with E-state index in [9.17, 15) is 9.59 Å². The van der Waals surface area contributed by atoms with Crippen LogP contribution in [0.3, 0.4) is 0 Å². The zero-order valence-corrected chi connectivity index (χ0v) is 15.7. The fourth-order valence-corrected chi connectivity index (χ4v) is 2.74. The predicted molar refractivity (Wildman–Crippen MR) is 103 cm³/mol. The van der Waals surface area contributed by atoms with E-state index in [1.165, 1.54) is 0 Å². The van der Waals surface area contributed by atoms with Gasteiger partial charge in [0.2, 0.25) is 18.6 Å². The van der Waals surface area contributed by atoms with Crippen molar-refractivity contribution in [2.24, 2.45) is 0 Å². The van der Waals surface area contributed by atoms with Gasteiger partial charge < -0.3 is 20.1 Å². The van der Waals surface area contributed by atoms with Crippen molar-refractivity contribution in [3.8, 4) is 11.5 Å². The van der Waals surface area contributed by atoms with Gasteiger partial charge in [-0.05, 0) is 44.3 Å². The van der Waals surface area contributed by atoms with Crippen LogP contribution in [0.4, 0.5) is 11.4 Å². The summed E-state index contributed by atoms with van der Waals surface area (Å²) in [4.78, 5) is 26.3. The van der Waals surface area contributed by atoms with Crippen LogP contribution < -0.4 is 20.1 Å². The quantitative estimate of drug-likeness (QED) is 0.794. The Kier molecular flexibility index (Phi) is 5.83. The standard InChI is InChI=1S/C19H20ClN3O4/c1-12(19(25)22-15-6-7-16-17(9-15)27-11-26-16)23(2)10-18(24)21-14-5-3-4-13(20)8-14/h3-9,12H,10-11H2,1-2H3,(H,21,24)(H,22,25). The molecule has 0 saturated carbocycles. The number of nitrogens with zero attached hydrogens (tertiary/aromatic N) is 1. The molecule has 0 bridgehead atoms. The molecule has 1 unspecified atom stereocenters. The van der Waals surface area contributed by atoms with E-state index in [1.807, 2.05) is 0 Å². The molecule has 0 spiro atoms. The van der Waals surface area contributed by atoms with Crippen molar-refractivity contribution in [3.05, 3.63) is 47.5 Å². The van der Waals surface area contributed by atoms with Gasteiger partial charge in [0.25, 0.3) is 0 Å². The third-order valence-electron chi connectivity index (χ3n) is 4.18. The summed E-state index contributed by atoms with van der Waals surface area (Å²) < 4.78 is 10.5. The Hall–Kier alpha value is -2.77. The first-order valence-electron chi connectivity index (χ1n) is 8.38. The normalized spacial score (nSPS) is 13.3. The maximum absolute atomic E-state index is 12.5. The highest BCUT2D eigenvalue weighted by atomic mass is 35.5. The predicted octanol–water partition coefficient (Wildman–Crippen LogP) is 2.97. The summed E-state index contributed by atoms with van der Waals surface area (Å²) in [6.07, 6.45) is 0. The Morgan fingerprint density at radius 3 is 2.63 bits per heavy atom. The number of nitrogens with one attached hydrogen (secondary N) is 2. The van der Waals surface area contributed by atoms with Gasteiger partial charge in [-0.15, -0.1) is 0 Å². The van der Waals surface area contributed by atoms with Gasteiger partial charge in [0.05, 0.1) is 12.6 Å². The number of fused-ring (bicyclic) bond motifs is 1. The van der Waals surface area contributed by atoms with Gasteiger partial charge in [-0.3, -0.25) is 14.5 Å². The van der Waals surface area contributed by atoms with Crippen LogP contribution >= 0.6 is 11.6 Å². The van der Waals surface area contributed by atoms with Crippen LogP contribution in [-0.2, 0) is 9.59 Å². The molecule has 1 heterocycles. The molecular formula is C19H20ClN3O4. The molecule has 142 valence electrons. The van der Waals surface area contributed by atoms with Crippen molar-refractivity contribution >= 4 is 34.8 Å². The zero-order valence-electron chi connectivity index (χ0n) is 15.0. The molecule has 2 amide bonds. The molecular weight excluding hydrogens is 370 g/mol. The smallest absolute Gasteiger partial charge is 0.241 e. The van der Waals surface area contributed by atoms with Gasteiger partial charge in [0.15, 0.2) is 11.5 Å². The minimum absolute atomic E-state index is 0.0578. The summed E-state index contributed by atoms with van der Waals surface area (Å²) in [5.74, 6) is 0.778. The number of benzene rings is 2. The molecule has 2 N–H and O–H groups in total. The van der Waals surface area contributed by atoms with E-state index in [-0.39, 0.29) is 25.2 Å². The molecule has 1 aliphatic rings. The van der Waals surface area contributed by atoms with E-state index in [1.54, 1.807) is 61.3 Å². The molecule has 0 radical (unpaired) electrons. The molecule has 0 aliphatic carbocycles. The van der Waals surface area contributed by atoms with Gasteiger partial charge >= 0.3 is 0 Å². The Balaban J connectivity index is 1.53. The molecule has 1 aliphatic heterocycles. The van der Waals surface area contributed by atoms with Crippen LogP contribution in [0.15, 0.2) is 42.5 Å². The number of hydrogen-bond donors (Lipinski definition) is 2. The maximum atomic E-state index is 12.5. The first-order chi connectivity index (χ1) is 12.9. The third kappa shape index (κ3) is 4.90. The molecule has 7 nitrogen and oxygen atoms in total. The topological polar surface area (TPSA) is 79.9 Å². The summed E-state index contributed by atoms with van der Waals surface area (Å²) >= 11 is 5.91. The van der Waals surface area contributed by atoms with E-state index in [0.29, 0.717) is 27.9 Å². The van der Waals surface area contributed by atoms with Crippen molar-refractivity contribution in [1.82, 2.24) is 4.90 Å². The number of hydrogen-bond acceptors (Lipinski definition) is 5. The van der Waals surface area contributed by atoms with E-state index in [2.05, 4.69) is 10.6 Å². The van der Waals surface area contributed by atoms with Crippen molar-refractivity contribution < 1.29 is 19.1 Å². The summed E-state index contributed by atoms with van der Waals surface area (Å²) in [7, 11) is 1.71. The first-order valence-corrected chi connectivity index (χ1v) is 8.76. The Morgan fingerprint density at radius 2 is 1.85 bits per heavy atom. The minimum Gasteiger partial charge on any atom is -0.454 e. The van der Waals surface area contributed by atoms with Crippen molar-refractivity contribution in [1.29, 1.82) is 0 Å². The molecule has 2 aromatic rings. The van der Waals surface area contributed by atoms with E-state index in [0.717, 1.165) is 0 Å². The van der Waals surface area contributed by atoms with Crippen LogP contribution in [0.25, 0.3) is 0 Å². The van der Waals surface area contributed by atoms with Crippen molar-refractivity contribution in [2.75, 3.05) is 31.0 Å². The fraction of sp³-hybridized carbons (Fsp3) is 0.263. The third-order valence-corrected chi connectivity index (χ3v) is 4.42. The number of carbonyl (C=O) groups excluding carboxylic acids is 2. The fourth-order valence-electron chi connectivity index (χ4n) is 2.55. The largest absolute Gasteiger partial charge is 0.454 e. The summed E-state index contributed by atoms with van der Waals surface area (Å²) in [6, 6.07) is 11.6. The number of anilines is 2. The van der Waals surface area contributed by atoms with Crippen LogP contribution in [0.1, 0.15) is 6.92 Å². The highest BCUT2D eigenvalue weighted by Gasteiger charge is 2.21. The lowest BCUT2D eigenvalue weighted by Crippen LogP contribution is -2.43. The Bertz CT molecular complexity index is 859. The lowest BCUT2D eigenvalue weighted by atomic mass is 10.2. The second-order valence-corrected chi connectivity index (χ2v) is 6.64. The number of likely N-dealkylation sites (N-methyl/N-ethyl adjacent to an activating group) is 1. The van der Waals surface area contributed by atoms with Gasteiger partial charge in [0, 0.05) is 22.5 Å². The van der Waals surface area contributed by atoms with Gasteiger partial charge in [-0.2, -0.15) is 0 Å². The average Bonchev–Trinajstić information content (AvgIpc) is 3.08. The first kappa shape index (κ1) is 19.0. The summed E-state index contributed by atoms with van der Waals surface area (Å²) in [5.41, 5.74) is 1.21. The van der Waals surface area contributed by atoms with Crippen LogP contribution in [0.2, 0.25) is 5.02 Å². The lowest BCUT2D eigenvalue weighted by Gasteiger charge is -2.23. The van der Waals surface area contributed by atoms with Gasteiger partial charge in [-0.1, -0.05) is 17.7 Å². The van der Waals surface area contributed by atoms with Crippen LogP contribution in [-0.4, -0.2) is 43.1 Å². The molecule has 0 fully saturated rings. The Morgan fingerprint density at radius 1 is 1.11 bits per heavy atom. The minimum atomic E-state index is -0.513. The van der Waals surface area contributed by atoms with E-state index < -0.39 is 6.04 Å². The van der Waals surface area contributed by atoms with E-state index in [4.69, 9.17) is 21.1 Å². The number of halogens is 1. The molecule has 0 saturated heterocycles. The molecule has 2 aromatic carbocycles. The summed E-state index contributed by atoms with van der Waals surface area (Å²) in [6.45, 7) is 1.96. The molecule has 8 heteroatoms. The van der Waals surface area contributed by atoms with Crippen molar-refractivity contribution in [3.63, 3.8) is 0 Å². The SMILES string of the molecule is CC(C(=O)Nc1ccc2c(c1)OCO2)N(C)CC(=O)Nc1cccc(Cl)c1. The molecule has 27 heavy (non-hydrogen) atoms. The number of amides is 2. The summed E-state index contributed by atoms with van der Waals surface area (Å²) in [5, 5.41) is 6.12. The zero-order chi connectivity index (χ0) is 19.4. The lowest BCUT2D eigenvalue weighted by molar-refractivity contribution is -0.122. The van der Waals surface area contributed by atoms with Crippen LogP contribution in [0.5, 0.6) is 11.5 Å². The second kappa shape index (κ2) is 8.28. The van der Waals surface area contributed by atoms with Crippen LogP contribution in [0, 0.1) is 0 Å². The molecule has 0 aromatic heterocycles.